The van der Waals surface area contributed by atoms with E-state index < -0.39 is 22.8 Å². The Kier molecular flexibility index (Phi) is 9.38. The lowest BCUT2D eigenvalue weighted by atomic mass is 9.81. The lowest BCUT2D eigenvalue weighted by Crippen LogP contribution is -2.26. The first-order valence-corrected chi connectivity index (χ1v) is 8.68. The normalized spacial score (nSPS) is 16.7. The SMILES string of the molecule is CCC(C)(CCCCCCCCC(C)(CC)C(=O)O)C(=O)O. The van der Waals surface area contributed by atoms with Crippen LogP contribution in [0.15, 0.2) is 0 Å². The molecule has 0 aromatic carbocycles. The third-order valence-electron chi connectivity index (χ3n) is 5.30. The van der Waals surface area contributed by atoms with Gasteiger partial charge in [0.1, 0.15) is 0 Å². The molecule has 0 rings (SSSR count). The Morgan fingerprint density at radius 1 is 0.682 bits per heavy atom. The highest BCUT2D eigenvalue weighted by atomic mass is 16.4. The summed E-state index contributed by atoms with van der Waals surface area (Å²) in [5, 5.41) is 18.4. The Hall–Kier alpha value is -1.06. The number of carbonyl (C=O) groups is 2. The summed E-state index contributed by atoms with van der Waals surface area (Å²) in [5.74, 6) is -1.38. The first kappa shape index (κ1) is 20.9. The first-order chi connectivity index (χ1) is 10.2. The van der Waals surface area contributed by atoms with Crippen LogP contribution in [0.5, 0.6) is 0 Å². The molecule has 0 amide bonds. The molecule has 0 saturated carbocycles. The molecule has 4 nitrogen and oxygen atoms in total. The van der Waals surface area contributed by atoms with Crippen LogP contribution in [-0.2, 0) is 9.59 Å². The quantitative estimate of drug-likeness (QED) is 0.463. The van der Waals surface area contributed by atoms with E-state index in [-0.39, 0.29) is 0 Å². The van der Waals surface area contributed by atoms with Crippen molar-refractivity contribution >= 4 is 11.9 Å². The van der Waals surface area contributed by atoms with Crippen molar-refractivity contribution in [3.63, 3.8) is 0 Å². The van der Waals surface area contributed by atoms with Gasteiger partial charge in [-0.2, -0.15) is 0 Å². The second-order valence-electron chi connectivity index (χ2n) is 7.06. The summed E-state index contributed by atoms with van der Waals surface area (Å²) in [7, 11) is 0. The average Bonchev–Trinajstić information content (AvgIpc) is 2.48. The third-order valence-corrected chi connectivity index (χ3v) is 5.30. The van der Waals surface area contributed by atoms with Gasteiger partial charge in [-0.15, -0.1) is 0 Å². The molecule has 0 aromatic rings. The van der Waals surface area contributed by atoms with E-state index in [9.17, 15) is 19.8 Å². The highest BCUT2D eigenvalue weighted by Crippen LogP contribution is 2.30. The van der Waals surface area contributed by atoms with Crippen molar-refractivity contribution in [1.82, 2.24) is 0 Å². The van der Waals surface area contributed by atoms with Gasteiger partial charge in [-0.25, -0.2) is 0 Å². The Balaban J connectivity index is 3.75. The van der Waals surface area contributed by atoms with Gasteiger partial charge < -0.3 is 10.2 Å². The predicted octanol–water partition coefficient (Wildman–Crippen LogP) is 5.11. The first-order valence-electron chi connectivity index (χ1n) is 8.68. The smallest absolute Gasteiger partial charge is 0.309 e. The van der Waals surface area contributed by atoms with Crippen LogP contribution < -0.4 is 0 Å². The van der Waals surface area contributed by atoms with Gasteiger partial charge in [-0.1, -0.05) is 52.4 Å². The molecule has 4 heteroatoms. The van der Waals surface area contributed by atoms with Gasteiger partial charge in [-0.3, -0.25) is 9.59 Å². The maximum absolute atomic E-state index is 11.2. The Morgan fingerprint density at radius 3 is 1.18 bits per heavy atom. The summed E-state index contributed by atoms with van der Waals surface area (Å²) < 4.78 is 0. The standard InChI is InChI=1S/C18H34O4/c1-5-17(3,15(19)20)13-11-9-7-8-10-12-14-18(4,6-2)16(21)22/h5-14H2,1-4H3,(H,19,20)(H,21,22). The molecule has 0 spiro atoms. The van der Waals surface area contributed by atoms with Gasteiger partial charge in [0.05, 0.1) is 10.8 Å². The van der Waals surface area contributed by atoms with Crippen LogP contribution in [-0.4, -0.2) is 22.2 Å². The van der Waals surface area contributed by atoms with Gasteiger partial charge in [-0.05, 0) is 39.5 Å². The Morgan fingerprint density at radius 2 is 0.955 bits per heavy atom. The van der Waals surface area contributed by atoms with E-state index in [0.29, 0.717) is 12.8 Å². The highest BCUT2D eigenvalue weighted by molar-refractivity contribution is 5.74. The van der Waals surface area contributed by atoms with E-state index in [1.807, 2.05) is 27.7 Å². The molecule has 0 bridgehead atoms. The zero-order valence-electron chi connectivity index (χ0n) is 14.8. The van der Waals surface area contributed by atoms with Gasteiger partial charge in [0.25, 0.3) is 0 Å². The number of hydrogen-bond donors (Lipinski definition) is 2. The number of unbranched alkanes of at least 4 members (excludes halogenated alkanes) is 5. The molecule has 2 atom stereocenters. The molecule has 0 aliphatic carbocycles. The monoisotopic (exact) mass is 314 g/mol. The molecular formula is C18H34O4. The second-order valence-corrected chi connectivity index (χ2v) is 7.06. The zero-order chi connectivity index (χ0) is 17.2. The van der Waals surface area contributed by atoms with E-state index in [1.165, 1.54) is 0 Å². The van der Waals surface area contributed by atoms with E-state index in [2.05, 4.69) is 0 Å². The van der Waals surface area contributed by atoms with Gasteiger partial charge >= 0.3 is 11.9 Å². The summed E-state index contributed by atoms with van der Waals surface area (Å²) in [6.45, 7) is 7.52. The fraction of sp³-hybridized carbons (Fsp3) is 0.889. The highest BCUT2D eigenvalue weighted by Gasteiger charge is 2.30. The van der Waals surface area contributed by atoms with Crippen LogP contribution in [0.3, 0.4) is 0 Å². The molecule has 2 N–H and O–H groups in total. The fourth-order valence-corrected chi connectivity index (χ4v) is 2.61. The summed E-state index contributed by atoms with van der Waals surface area (Å²) in [5.41, 5.74) is -1.16. The van der Waals surface area contributed by atoms with Crippen LogP contribution in [0.2, 0.25) is 0 Å². The number of carboxylic acid groups (broad SMARTS) is 2. The molecule has 22 heavy (non-hydrogen) atoms. The minimum atomic E-state index is -0.692. The lowest BCUT2D eigenvalue weighted by Gasteiger charge is -2.23. The van der Waals surface area contributed by atoms with Gasteiger partial charge in [0.2, 0.25) is 0 Å². The minimum absolute atomic E-state index is 0.579. The molecule has 2 unspecified atom stereocenters. The number of carboxylic acids is 2. The average molecular weight is 314 g/mol. The van der Waals surface area contributed by atoms with Gasteiger partial charge in [0.15, 0.2) is 0 Å². The van der Waals surface area contributed by atoms with Crippen LogP contribution in [0.25, 0.3) is 0 Å². The maximum atomic E-state index is 11.2. The summed E-state index contributed by atoms with van der Waals surface area (Å²) in [6, 6.07) is 0. The summed E-state index contributed by atoms with van der Waals surface area (Å²) >= 11 is 0. The van der Waals surface area contributed by atoms with E-state index in [1.54, 1.807) is 0 Å². The van der Waals surface area contributed by atoms with Crippen molar-refractivity contribution in [2.75, 3.05) is 0 Å². The van der Waals surface area contributed by atoms with E-state index in [4.69, 9.17) is 0 Å². The topological polar surface area (TPSA) is 74.6 Å². The zero-order valence-corrected chi connectivity index (χ0v) is 14.8. The van der Waals surface area contributed by atoms with E-state index in [0.717, 1.165) is 51.4 Å². The van der Waals surface area contributed by atoms with Crippen molar-refractivity contribution < 1.29 is 19.8 Å². The molecule has 0 aromatic heterocycles. The van der Waals surface area contributed by atoms with Crippen molar-refractivity contribution in [2.45, 2.75) is 91.9 Å². The van der Waals surface area contributed by atoms with Crippen LogP contribution >= 0.6 is 0 Å². The number of aliphatic carboxylic acids is 2. The van der Waals surface area contributed by atoms with Crippen molar-refractivity contribution in [2.24, 2.45) is 10.8 Å². The Bertz CT molecular complexity index is 319. The molecule has 0 radical (unpaired) electrons. The fourth-order valence-electron chi connectivity index (χ4n) is 2.61. The van der Waals surface area contributed by atoms with E-state index >= 15 is 0 Å². The lowest BCUT2D eigenvalue weighted by molar-refractivity contribution is -0.149. The predicted molar refractivity (Wildman–Crippen MR) is 89.0 cm³/mol. The number of hydrogen-bond acceptors (Lipinski definition) is 2. The molecule has 0 fully saturated rings. The maximum Gasteiger partial charge on any atom is 0.309 e. The van der Waals surface area contributed by atoms with Crippen LogP contribution in [0, 0.1) is 10.8 Å². The Labute approximate surface area is 135 Å². The summed E-state index contributed by atoms with van der Waals surface area (Å²) in [4.78, 5) is 22.4. The molecule has 0 aliphatic rings. The molecular weight excluding hydrogens is 280 g/mol. The van der Waals surface area contributed by atoms with Crippen molar-refractivity contribution in [3.8, 4) is 0 Å². The molecule has 0 heterocycles. The minimum Gasteiger partial charge on any atom is -0.481 e. The van der Waals surface area contributed by atoms with Crippen molar-refractivity contribution in [3.05, 3.63) is 0 Å². The van der Waals surface area contributed by atoms with Gasteiger partial charge in [0, 0.05) is 0 Å². The van der Waals surface area contributed by atoms with Crippen LogP contribution in [0.4, 0.5) is 0 Å². The largest absolute Gasteiger partial charge is 0.481 e. The second kappa shape index (κ2) is 9.86. The van der Waals surface area contributed by atoms with Crippen molar-refractivity contribution in [1.29, 1.82) is 0 Å². The number of rotatable bonds is 13. The summed E-state index contributed by atoms with van der Waals surface area (Å²) in [6.07, 6.45) is 9.08. The molecule has 130 valence electrons. The van der Waals surface area contributed by atoms with Crippen LogP contribution in [0.1, 0.15) is 91.9 Å². The third kappa shape index (κ3) is 6.80. The molecule has 0 saturated heterocycles. The molecule has 0 aliphatic heterocycles.